The van der Waals surface area contributed by atoms with Crippen molar-refractivity contribution < 1.29 is 19.3 Å². The highest BCUT2D eigenvalue weighted by Gasteiger charge is 2.47. The van der Waals surface area contributed by atoms with E-state index in [-0.39, 0.29) is 24.9 Å². The van der Waals surface area contributed by atoms with Crippen LogP contribution in [0.2, 0.25) is 0 Å². The number of aliphatic hydroxyl groups is 1. The Morgan fingerprint density at radius 3 is 2.70 bits per heavy atom. The van der Waals surface area contributed by atoms with Gasteiger partial charge in [0.25, 0.3) is 0 Å². The van der Waals surface area contributed by atoms with E-state index in [2.05, 4.69) is 55.5 Å². The summed E-state index contributed by atoms with van der Waals surface area (Å²) in [5, 5.41) is 9.08. The normalized spacial score (nSPS) is 33.5. The Morgan fingerprint density at radius 2 is 1.93 bits per heavy atom. The van der Waals surface area contributed by atoms with Crippen molar-refractivity contribution in [2.45, 2.75) is 76.0 Å². The molecule has 3 aliphatic heterocycles. The molecule has 0 aliphatic carbocycles. The zero-order valence-corrected chi connectivity index (χ0v) is 18.1. The van der Waals surface area contributed by atoms with Crippen molar-refractivity contribution in [2.24, 2.45) is 11.8 Å². The summed E-state index contributed by atoms with van der Waals surface area (Å²) in [6.07, 6.45) is 15.6. The molecule has 3 aliphatic rings. The number of allylic oxidation sites excluding steroid dienone is 1. The lowest BCUT2D eigenvalue weighted by Crippen LogP contribution is -2.30. The van der Waals surface area contributed by atoms with Gasteiger partial charge in [0.15, 0.2) is 6.29 Å². The van der Waals surface area contributed by atoms with Gasteiger partial charge < -0.3 is 19.3 Å². The molecule has 3 fully saturated rings. The minimum absolute atomic E-state index is 0.0248. The Hall–Kier alpha value is -1.46. The van der Waals surface area contributed by atoms with E-state index in [1.807, 2.05) is 6.08 Å². The fourth-order valence-electron chi connectivity index (χ4n) is 5.22. The topological polar surface area (TPSA) is 47.9 Å². The minimum atomic E-state index is -0.112. The van der Waals surface area contributed by atoms with Gasteiger partial charge in [-0.15, -0.1) is 0 Å². The van der Waals surface area contributed by atoms with Crippen LogP contribution in [0.25, 0.3) is 0 Å². The van der Waals surface area contributed by atoms with Gasteiger partial charge in [-0.2, -0.15) is 0 Å². The van der Waals surface area contributed by atoms with E-state index < -0.39 is 0 Å². The van der Waals surface area contributed by atoms with E-state index >= 15 is 0 Å². The van der Waals surface area contributed by atoms with Gasteiger partial charge in [0, 0.05) is 18.4 Å². The molecule has 2 bridgehead atoms. The quantitative estimate of drug-likeness (QED) is 0.581. The van der Waals surface area contributed by atoms with Crippen LogP contribution in [0.3, 0.4) is 0 Å². The van der Waals surface area contributed by atoms with Crippen LogP contribution in [-0.2, 0) is 14.2 Å². The summed E-state index contributed by atoms with van der Waals surface area (Å²) in [6.45, 7) is 3.14. The van der Waals surface area contributed by atoms with Gasteiger partial charge in [-0.25, -0.2) is 0 Å². The molecule has 30 heavy (non-hydrogen) atoms. The molecule has 1 N–H and O–H groups in total. The lowest BCUT2D eigenvalue weighted by Gasteiger charge is -2.30. The third kappa shape index (κ3) is 5.23. The van der Waals surface area contributed by atoms with Gasteiger partial charge in [-0.3, -0.25) is 0 Å². The molecule has 4 nitrogen and oxygen atoms in total. The van der Waals surface area contributed by atoms with E-state index in [0.29, 0.717) is 24.0 Å². The molecule has 4 heteroatoms. The number of rotatable bonds is 9. The zero-order valence-electron chi connectivity index (χ0n) is 18.1. The Balaban J connectivity index is 1.49. The fraction of sp³-hybridized carbons (Fsp3) is 0.615. The average Bonchev–Trinajstić information content (AvgIpc) is 3.40. The number of fused-ring (bicyclic) bond motifs is 2. The molecular formula is C26H36O4. The minimum Gasteiger partial charge on any atom is -0.392 e. The lowest BCUT2D eigenvalue weighted by atomic mass is 9.77. The second kappa shape index (κ2) is 10.7. The molecule has 1 aromatic carbocycles. The number of benzene rings is 1. The number of hydrogen-bond donors (Lipinski definition) is 1. The SMILES string of the molecule is CC(c1ccccc1)C(C=C[C@@H]1[C@H](C/C=C/CO)[C@@H]2CC[C@H]1O2)OC1CCCCO1. The highest BCUT2D eigenvalue weighted by Crippen LogP contribution is 2.46. The second-order valence-corrected chi connectivity index (χ2v) is 8.90. The zero-order chi connectivity index (χ0) is 20.8. The lowest BCUT2D eigenvalue weighted by molar-refractivity contribution is -0.181. The summed E-state index contributed by atoms with van der Waals surface area (Å²) in [7, 11) is 0. The van der Waals surface area contributed by atoms with Crippen molar-refractivity contribution in [1.29, 1.82) is 0 Å². The first-order chi connectivity index (χ1) is 14.8. The molecule has 0 spiro atoms. The van der Waals surface area contributed by atoms with E-state index in [4.69, 9.17) is 19.3 Å². The monoisotopic (exact) mass is 412 g/mol. The largest absolute Gasteiger partial charge is 0.392 e. The third-order valence-corrected chi connectivity index (χ3v) is 6.95. The summed E-state index contributed by atoms with van der Waals surface area (Å²) in [5.74, 6) is 1.15. The Morgan fingerprint density at radius 1 is 1.10 bits per heavy atom. The van der Waals surface area contributed by atoms with E-state index in [1.165, 1.54) is 12.0 Å². The van der Waals surface area contributed by atoms with Crippen LogP contribution >= 0.6 is 0 Å². The molecule has 0 aromatic heterocycles. The molecule has 4 rings (SSSR count). The maximum Gasteiger partial charge on any atom is 0.158 e. The first kappa shape index (κ1) is 21.8. The van der Waals surface area contributed by atoms with Crippen molar-refractivity contribution in [3.05, 3.63) is 60.2 Å². The van der Waals surface area contributed by atoms with Crippen molar-refractivity contribution in [3.8, 4) is 0 Å². The molecular weight excluding hydrogens is 376 g/mol. The molecule has 3 unspecified atom stereocenters. The van der Waals surface area contributed by atoms with Crippen molar-refractivity contribution in [2.75, 3.05) is 13.2 Å². The van der Waals surface area contributed by atoms with Crippen LogP contribution in [0.4, 0.5) is 0 Å². The Labute approximate surface area is 180 Å². The summed E-state index contributed by atoms with van der Waals surface area (Å²) >= 11 is 0. The molecule has 3 heterocycles. The van der Waals surface area contributed by atoms with E-state index in [9.17, 15) is 0 Å². The number of ether oxygens (including phenoxy) is 3. The van der Waals surface area contributed by atoms with E-state index in [1.54, 1.807) is 0 Å². The highest BCUT2D eigenvalue weighted by atomic mass is 16.7. The predicted molar refractivity (Wildman–Crippen MR) is 118 cm³/mol. The molecule has 3 saturated heterocycles. The maximum absolute atomic E-state index is 9.08. The summed E-state index contributed by atoms with van der Waals surface area (Å²) in [4.78, 5) is 0. The summed E-state index contributed by atoms with van der Waals surface area (Å²) < 4.78 is 18.6. The van der Waals surface area contributed by atoms with Gasteiger partial charge in [0.2, 0.25) is 0 Å². The number of aliphatic hydroxyl groups excluding tert-OH is 1. The predicted octanol–water partition coefficient (Wildman–Crippen LogP) is 4.99. The van der Waals surface area contributed by atoms with Crippen LogP contribution in [0.15, 0.2) is 54.6 Å². The third-order valence-electron chi connectivity index (χ3n) is 6.95. The first-order valence-electron chi connectivity index (χ1n) is 11.7. The first-order valence-corrected chi connectivity index (χ1v) is 11.7. The standard InChI is InChI=1S/C26H36O4/c1-19(20-9-3-2-4-10-20)23(30-26-12-6-8-18-28-26)14-13-22-21(11-5-7-17-27)24-15-16-25(22)29-24/h2-5,7,9-10,13-14,19,21-27H,6,8,11-12,15-18H2,1H3/b7-5+,14-13?/t19?,21-,22+,23?,24-,25+,26?/m0/s1. The van der Waals surface area contributed by atoms with Crippen molar-refractivity contribution >= 4 is 0 Å². The Bertz CT molecular complexity index is 694. The van der Waals surface area contributed by atoms with Crippen LogP contribution < -0.4 is 0 Å². The van der Waals surface area contributed by atoms with Gasteiger partial charge >= 0.3 is 0 Å². The summed E-state index contributed by atoms with van der Waals surface area (Å²) in [5.41, 5.74) is 1.29. The number of hydrogen-bond acceptors (Lipinski definition) is 4. The van der Waals surface area contributed by atoms with Crippen LogP contribution in [0, 0.1) is 11.8 Å². The summed E-state index contributed by atoms with van der Waals surface area (Å²) in [6, 6.07) is 10.6. The van der Waals surface area contributed by atoms with Crippen LogP contribution in [0.1, 0.15) is 56.9 Å². The molecule has 0 saturated carbocycles. The molecule has 7 atom stereocenters. The fourth-order valence-corrected chi connectivity index (χ4v) is 5.22. The second-order valence-electron chi connectivity index (χ2n) is 8.90. The smallest absolute Gasteiger partial charge is 0.158 e. The molecule has 0 amide bonds. The molecule has 164 valence electrons. The Kier molecular flexibility index (Phi) is 7.78. The molecule has 1 aromatic rings. The van der Waals surface area contributed by atoms with Gasteiger partial charge in [0.1, 0.15) is 0 Å². The van der Waals surface area contributed by atoms with Crippen LogP contribution in [-0.4, -0.2) is 42.9 Å². The van der Waals surface area contributed by atoms with Crippen molar-refractivity contribution in [3.63, 3.8) is 0 Å². The van der Waals surface area contributed by atoms with E-state index in [0.717, 1.165) is 38.7 Å². The van der Waals surface area contributed by atoms with Crippen molar-refractivity contribution in [1.82, 2.24) is 0 Å². The molecule has 0 radical (unpaired) electrons. The van der Waals surface area contributed by atoms with Gasteiger partial charge in [0.05, 0.1) is 24.9 Å². The maximum atomic E-state index is 9.08. The highest BCUT2D eigenvalue weighted by molar-refractivity contribution is 5.22. The van der Waals surface area contributed by atoms with Gasteiger partial charge in [-0.05, 0) is 50.0 Å². The average molecular weight is 413 g/mol. The van der Waals surface area contributed by atoms with Crippen LogP contribution in [0.5, 0.6) is 0 Å². The van der Waals surface area contributed by atoms with Gasteiger partial charge in [-0.1, -0.05) is 61.6 Å².